The van der Waals surface area contributed by atoms with Gasteiger partial charge in [0.1, 0.15) is 11.5 Å². The molecule has 0 radical (unpaired) electrons. The highest BCUT2D eigenvalue weighted by molar-refractivity contribution is 6.34. The van der Waals surface area contributed by atoms with Gasteiger partial charge in [0, 0.05) is 0 Å². The predicted molar refractivity (Wildman–Crippen MR) is 70.6 cm³/mol. The molecule has 0 aliphatic heterocycles. The van der Waals surface area contributed by atoms with Crippen molar-refractivity contribution in [3.8, 4) is 0 Å². The molecule has 6 heteroatoms. The summed E-state index contributed by atoms with van der Waals surface area (Å²) in [5, 5.41) is 3.12. The molecule has 1 amide bonds. The minimum absolute atomic E-state index is 0.145. The molecule has 1 aromatic heterocycles. The van der Waals surface area contributed by atoms with E-state index in [9.17, 15) is 4.79 Å². The number of nitrogens with one attached hydrogen (secondary N) is 1. The van der Waals surface area contributed by atoms with Gasteiger partial charge in [-0.25, -0.2) is 4.98 Å². The average molecular weight is 263 g/mol. The first-order valence-electron chi connectivity index (χ1n) is 5.21. The number of carbonyl (C=O) groups excluding carboxylic acids is 1. The smallest absolute Gasteiger partial charge is 0.275 e. The Balaban J connectivity index is 2.21. The lowest BCUT2D eigenvalue weighted by atomic mass is 10.2. The summed E-state index contributed by atoms with van der Waals surface area (Å²) in [5.74, 6) is -0.210. The molecule has 0 spiro atoms. The van der Waals surface area contributed by atoms with E-state index in [2.05, 4.69) is 15.3 Å². The Morgan fingerprint density at radius 2 is 2.17 bits per heavy atom. The summed E-state index contributed by atoms with van der Waals surface area (Å²) < 4.78 is 0. The van der Waals surface area contributed by atoms with Crippen LogP contribution < -0.4 is 11.1 Å². The minimum Gasteiger partial charge on any atom is -0.382 e. The maximum atomic E-state index is 11.9. The Kier molecular flexibility index (Phi) is 3.43. The van der Waals surface area contributed by atoms with Crippen molar-refractivity contribution in [3.63, 3.8) is 0 Å². The standard InChI is InChI=1S/C12H11ClN4O/c1-7-2-3-9(8(13)4-7)17-12(18)10-5-15-6-11(14)16-10/h2-6H,1H3,(H2,14,16)(H,17,18). The molecular weight excluding hydrogens is 252 g/mol. The average Bonchev–Trinajstić information content (AvgIpc) is 2.32. The van der Waals surface area contributed by atoms with Gasteiger partial charge in [-0.15, -0.1) is 0 Å². The number of nitrogen functional groups attached to an aromatic ring is 1. The van der Waals surface area contributed by atoms with E-state index in [0.717, 1.165) is 5.56 Å². The summed E-state index contributed by atoms with van der Waals surface area (Å²) in [7, 11) is 0. The third-order valence-electron chi connectivity index (χ3n) is 2.26. The second kappa shape index (κ2) is 5.01. The Labute approximate surface area is 109 Å². The highest BCUT2D eigenvalue weighted by Crippen LogP contribution is 2.23. The van der Waals surface area contributed by atoms with Gasteiger partial charge in [-0.3, -0.25) is 9.78 Å². The van der Waals surface area contributed by atoms with Gasteiger partial charge in [-0.2, -0.15) is 0 Å². The van der Waals surface area contributed by atoms with E-state index in [1.54, 1.807) is 12.1 Å². The first kappa shape index (κ1) is 12.3. The van der Waals surface area contributed by atoms with E-state index in [1.165, 1.54) is 12.4 Å². The number of anilines is 2. The third-order valence-corrected chi connectivity index (χ3v) is 2.57. The van der Waals surface area contributed by atoms with E-state index in [-0.39, 0.29) is 11.5 Å². The van der Waals surface area contributed by atoms with E-state index in [0.29, 0.717) is 10.7 Å². The number of hydrogen-bond donors (Lipinski definition) is 2. The van der Waals surface area contributed by atoms with Crippen molar-refractivity contribution in [2.75, 3.05) is 11.1 Å². The monoisotopic (exact) mass is 262 g/mol. The van der Waals surface area contributed by atoms with Crippen LogP contribution >= 0.6 is 11.6 Å². The number of rotatable bonds is 2. The Hall–Kier alpha value is -2.14. The number of hydrogen-bond acceptors (Lipinski definition) is 4. The Morgan fingerprint density at radius 1 is 1.39 bits per heavy atom. The van der Waals surface area contributed by atoms with Gasteiger partial charge in [0.15, 0.2) is 0 Å². The molecule has 0 saturated carbocycles. The molecule has 0 bridgehead atoms. The fraction of sp³-hybridized carbons (Fsp3) is 0.0833. The highest BCUT2D eigenvalue weighted by Gasteiger charge is 2.10. The van der Waals surface area contributed by atoms with Crippen LogP contribution in [0, 0.1) is 6.92 Å². The van der Waals surface area contributed by atoms with Crippen molar-refractivity contribution in [3.05, 3.63) is 46.9 Å². The molecule has 0 unspecified atom stereocenters. The summed E-state index contributed by atoms with van der Waals surface area (Å²) in [5.41, 5.74) is 7.14. The van der Waals surface area contributed by atoms with E-state index >= 15 is 0 Å². The fourth-order valence-electron chi connectivity index (χ4n) is 1.40. The summed E-state index contributed by atoms with van der Waals surface area (Å²) in [6.07, 6.45) is 2.71. The fourth-order valence-corrected chi connectivity index (χ4v) is 1.68. The van der Waals surface area contributed by atoms with Gasteiger partial charge in [0.25, 0.3) is 5.91 Å². The number of amides is 1. The lowest BCUT2D eigenvalue weighted by Crippen LogP contribution is -2.15. The maximum absolute atomic E-state index is 11.9. The largest absolute Gasteiger partial charge is 0.382 e. The summed E-state index contributed by atoms with van der Waals surface area (Å²) in [6, 6.07) is 5.35. The second-order valence-corrected chi connectivity index (χ2v) is 4.17. The molecule has 92 valence electrons. The van der Waals surface area contributed by atoms with Crippen LogP contribution in [0.25, 0.3) is 0 Å². The van der Waals surface area contributed by atoms with Crippen LogP contribution in [-0.4, -0.2) is 15.9 Å². The second-order valence-electron chi connectivity index (χ2n) is 3.77. The van der Waals surface area contributed by atoms with Crippen LogP contribution in [0.1, 0.15) is 16.1 Å². The van der Waals surface area contributed by atoms with Gasteiger partial charge in [0.05, 0.1) is 23.1 Å². The van der Waals surface area contributed by atoms with Gasteiger partial charge >= 0.3 is 0 Å². The molecule has 0 aliphatic rings. The van der Waals surface area contributed by atoms with Crippen LogP contribution in [0.15, 0.2) is 30.6 Å². The van der Waals surface area contributed by atoms with Crippen molar-refractivity contribution >= 4 is 29.0 Å². The lowest BCUT2D eigenvalue weighted by molar-refractivity contribution is 0.102. The SMILES string of the molecule is Cc1ccc(NC(=O)c2cncc(N)n2)c(Cl)c1. The first-order chi connectivity index (χ1) is 8.56. The molecule has 1 heterocycles. The summed E-state index contributed by atoms with van der Waals surface area (Å²) in [6.45, 7) is 1.92. The molecule has 0 fully saturated rings. The molecule has 2 rings (SSSR count). The highest BCUT2D eigenvalue weighted by atomic mass is 35.5. The number of benzene rings is 1. The minimum atomic E-state index is -0.402. The number of nitrogens with zero attached hydrogens (tertiary/aromatic N) is 2. The van der Waals surface area contributed by atoms with Crippen LogP contribution in [0.5, 0.6) is 0 Å². The zero-order valence-corrected chi connectivity index (χ0v) is 10.4. The van der Waals surface area contributed by atoms with Gasteiger partial charge in [0.2, 0.25) is 0 Å². The van der Waals surface area contributed by atoms with Gasteiger partial charge < -0.3 is 11.1 Å². The van der Waals surface area contributed by atoms with Crippen LogP contribution in [0.4, 0.5) is 11.5 Å². The predicted octanol–water partition coefficient (Wildman–Crippen LogP) is 2.27. The lowest BCUT2D eigenvalue weighted by Gasteiger charge is -2.07. The zero-order valence-electron chi connectivity index (χ0n) is 9.64. The van der Waals surface area contributed by atoms with E-state index in [1.807, 2.05) is 13.0 Å². The van der Waals surface area contributed by atoms with Crippen molar-refractivity contribution in [1.29, 1.82) is 0 Å². The van der Waals surface area contributed by atoms with Crippen molar-refractivity contribution in [2.24, 2.45) is 0 Å². The normalized spacial score (nSPS) is 10.1. The molecule has 0 saturated heterocycles. The number of aryl methyl sites for hydroxylation is 1. The zero-order chi connectivity index (χ0) is 13.1. The molecule has 5 nitrogen and oxygen atoms in total. The third kappa shape index (κ3) is 2.75. The molecule has 1 aromatic carbocycles. The van der Waals surface area contributed by atoms with E-state index in [4.69, 9.17) is 17.3 Å². The van der Waals surface area contributed by atoms with Crippen molar-refractivity contribution < 1.29 is 4.79 Å². The Bertz CT molecular complexity index is 600. The van der Waals surface area contributed by atoms with Gasteiger partial charge in [-0.1, -0.05) is 17.7 Å². The van der Waals surface area contributed by atoms with Crippen LogP contribution in [0.2, 0.25) is 5.02 Å². The number of aromatic nitrogens is 2. The van der Waals surface area contributed by atoms with Gasteiger partial charge in [-0.05, 0) is 24.6 Å². The molecule has 3 N–H and O–H groups in total. The van der Waals surface area contributed by atoms with E-state index < -0.39 is 5.91 Å². The molecule has 18 heavy (non-hydrogen) atoms. The van der Waals surface area contributed by atoms with Crippen molar-refractivity contribution in [2.45, 2.75) is 6.92 Å². The molecule has 0 aliphatic carbocycles. The number of carbonyl (C=O) groups is 1. The maximum Gasteiger partial charge on any atom is 0.275 e. The summed E-state index contributed by atoms with van der Waals surface area (Å²) in [4.78, 5) is 19.6. The first-order valence-corrected chi connectivity index (χ1v) is 5.59. The summed E-state index contributed by atoms with van der Waals surface area (Å²) >= 11 is 6.02. The number of halogens is 1. The van der Waals surface area contributed by atoms with Crippen LogP contribution in [0.3, 0.4) is 0 Å². The topological polar surface area (TPSA) is 80.9 Å². The van der Waals surface area contributed by atoms with Crippen molar-refractivity contribution in [1.82, 2.24) is 9.97 Å². The Morgan fingerprint density at radius 3 is 2.83 bits per heavy atom. The van der Waals surface area contributed by atoms with Crippen LogP contribution in [-0.2, 0) is 0 Å². The molecule has 2 aromatic rings. The molecular formula is C12H11ClN4O. The quantitative estimate of drug-likeness (QED) is 0.870. The molecule has 0 atom stereocenters. The number of nitrogens with two attached hydrogens (primary N) is 1.